The molecule has 1 spiro atoms. The maximum Gasteiger partial charge on any atom is 0.246 e. The number of carbonyl (C=O) groups is 2. The van der Waals surface area contributed by atoms with Crippen molar-refractivity contribution in [3.05, 3.63) is 59.6 Å². The van der Waals surface area contributed by atoms with Gasteiger partial charge in [0.05, 0.1) is 30.5 Å². The number of pyridine rings is 1. The second-order valence-electron chi connectivity index (χ2n) is 13.7. The average molecular weight is 689 g/mol. The maximum absolute atomic E-state index is 16.1. The Morgan fingerprint density at radius 1 is 1.10 bits per heavy atom. The first-order valence-electron chi connectivity index (χ1n) is 16.8. The van der Waals surface area contributed by atoms with Gasteiger partial charge in [0.1, 0.15) is 41.2 Å². The number of anilines is 1. The zero-order chi connectivity index (χ0) is 34.0. The lowest BCUT2D eigenvalue weighted by atomic mass is 9.71. The Morgan fingerprint density at radius 3 is 2.61 bits per heavy atom. The first-order chi connectivity index (χ1) is 23.7. The lowest BCUT2D eigenvalue weighted by Gasteiger charge is -2.61. The van der Waals surface area contributed by atoms with E-state index in [2.05, 4.69) is 11.5 Å². The largest absolute Gasteiger partial charge is 0.490 e. The van der Waals surface area contributed by atoms with E-state index < -0.39 is 11.6 Å². The van der Waals surface area contributed by atoms with Gasteiger partial charge >= 0.3 is 0 Å². The number of halogens is 2. The van der Waals surface area contributed by atoms with Crippen molar-refractivity contribution in [3.63, 3.8) is 0 Å². The summed E-state index contributed by atoms with van der Waals surface area (Å²) in [6, 6.07) is 5.67. The van der Waals surface area contributed by atoms with Crippen molar-refractivity contribution < 1.29 is 27.8 Å². The number of aromatic nitrogens is 3. The van der Waals surface area contributed by atoms with Crippen molar-refractivity contribution >= 4 is 39.1 Å². The fourth-order valence-electron chi connectivity index (χ4n) is 7.79. The third-order valence-corrected chi connectivity index (χ3v) is 11.5. The molecule has 0 N–H and O–H groups in total. The molecule has 3 aliphatic heterocycles. The summed E-state index contributed by atoms with van der Waals surface area (Å²) in [5, 5.41) is 7.76. The SMILES string of the molecule is C=CC(=O)N1CCn2nc(-c3nc(N4CC5(CN(C(=O)C6CCC6)C5)C4)c4ccsc4c3-c3c(F)cc(F)cc3OCCOC)cc2C1C. The first-order valence-corrected chi connectivity index (χ1v) is 17.7. The van der Waals surface area contributed by atoms with Gasteiger partial charge in [0, 0.05) is 78.9 Å². The molecule has 6 heterocycles. The predicted octanol–water partition coefficient (Wildman–Crippen LogP) is 5.67. The van der Waals surface area contributed by atoms with Crippen LogP contribution in [0.2, 0.25) is 0 Å². The highest BCUT2D eigenvalue weighted by molar-refractivity contribution is 7.18. The van der Waals surface area contributed by atoms with Crippen LogP contribution in [0.5, 0.6) is 5.75 Å². The lowest BCUT2D eigenvalue weighted by molar-refractivity contribution is -0.152. The molecule has 10 nitrogen and oxygen atoms in total. The molecule has 0 bridgehead atoms. The van der Waals surface area contributed by atoms with E-state index >= 15 is 4.39 Å². The molecule has 1 unspecified atom stereocenters. The van der Waals surface area contributed by atoms with E-state index in [0.717, 1.165) is 73.1 Å². The van der Waals surface area contributed by atoms with Gasteiger partial charge in [-0.3, -0.25) is 14.3 Å². The molecule has 3 aromatic heterocycles. The van der Waals surface area contributed by atoms with Crippen LogP contribution in [0.15, 0.2) is 42.3 Å². The minimum Gasteiger partial charge on any atom is -0.490 e. The van der Waals surface area contributed by atoms with Crippen LogP contribution in [0.4, 0.5) is 14.6 Å². The van der Waals surface area contributed by atoms with Gasteiger partial charge < -0.3 is 24.2 Å². The Hall–Kier alpha value is -4.36. The Bertz CT molecular complexity index is 1980. The van der Waals surface area contributed by atoms with Crippen molar-refractivity contribution in [1.29, 1.82) is 0 Å². The fraction of sp³-hybridized carbons (Fsp3) is 0.444. The molecule has 2 saturated heterocycles. The molecule has 2 amide bonds. The highest BCUT2D eigenvalue weighted by Gasteiger charge is 2.54. The summed E-state index contributed by atoms with van der Waals surface area (Å²) >= 11 is 1.45. The number of rotatable bonds is 9. The van der Waals surface area contributed by atoms with Crippen molar-refractivity contribution in [2.45, 2.75) is 38.8 Å². The maximum atomic E-state index is 16.1. The Kier molecular flexibility index (Phi) is 7.94. The van der Waals surface area contributed by atoms with Crippen LogP contribution < -0.4 is 9.64 Å². The fourth-order valence-corrected chi connectivity index (χ4v) is 8.73. The molecule has 1 aliphatic carbocycles. The van der Waals surface area contributed by atoms with Crippen LogP contribution in [-0.4, -0.2) is 89.4 Å². The predicted molar refractivity (Wildman–Crippen MR) is 182 cm³/mol. The van der Waals surface area contributed by atoms with E-state index in [-0.39, 0.29) is 53.7 Å². The summed E-state index contributed by atoms with van der Waals surface area (Å²) in [5.41, 5.74) is 2.39. The zero-order valence-corrected chi connectivity index (χ0v) is 28.4. The van der Waals surface area contributed by atoms with Crippen LogP contribution in [0.3, 0.4) is 0 Å². The molecule has 4 aromatic rings. The number of amides is 2. The third-order valence-electron chi connectivity index (χ3n) is 10.5. The van der Waals surface area contributed by atoms with Crippen molar-refractivity contribution in [2.24, 2.45) is 11.3 Å². The molecular formula is C36H38F2N6O4S. The molecule has 0 radical (unpaired) electrons. The molecule has 1 atom stereocenters. The quantitative estimate of drug-likeness (QED) is 0.165. The number of likely N-dealkylation sites (tertiary alicyclic amines) is 1. The molecule has 4 aliphatic rings. The minimum absolute atomic E-state index is 0.0395. The highest BCUT2D eigenvalue weighted by atomic mass is 32.1. The van der Waals surface area contributed by atoms with E-state index in [1.54, 1.807) is 4.90 Å². The highest BCUT2D eigenvalue weighted by Crippen LogP contribution is 2.50. The molecule has 256 valence electrons. The van der Waals surface area contributed by atoms with Gasteiger partial charge in [-0.05, 0) is 43.4 Å². The van der Waals surface area contributed by atoms with Gasteiger partial charge in [-0.1, -0.05) is 13.0 Å². The summed E-state index contributed by atoms with van der Waals surface area (Å²) in [4.78, 5) is 36.7. The Balaban J connectivity index is 1.22. The Labute approximate surface area is 286 Å². The Morgan fingerprint density at radius 2 is 1.90 bits per heavy atom. The van der Waals surface area contributed by atoms with Crippen LogP contribution >= 0.6 is 11.3 Å². The van der Waals surface area contributed by atoms with Crippen LogP contribution in [0.25, 0.3) is 32.6 Å². The minimum atomic E-state index is -0.772. The van der Waals surface area contributed by atoms with Crippen LogP contribution in [-0.2, 0) is 20.9 Å². The molecule has 13 heteroatoms. The van der Waals surface area contributed by atoms with E-state index in [9.17, 15) is 14.0 Å². The van der Waals surface area contributed by atoms with Crippen molar-refractivity contribution in [2.75, 3.05) is 57.9 Å². The molecule has 8 rings (SSSR count). The van der Waals surface area contributed by atoms with Gasteiger partial charge in [-0.25, -0.2) is 13.8 Å². The summed E-state index contributed by atoms with van der Waals surface area (Å²) in [6.07, 6.45) is 4.44. The molecule has 3 fully saturated rings. The first kappa shape index (κ1) is 31.9. The number of thiophene rings is 1. The van der Waals surface area contributed by atoms with Crippen LogP contribution in [0.1, 0.15) is 37.9 Å². The van der Waals surface area contributed by atoms with E-state index in [4.69, 9.17) is 19.6 Å². The summed E-state index contributed by atoms with van der Waals surface area (Å²) in [5.74, 6) is -0.398. The third kappa shape index (κ3) is 5.29. The smallest absolute Gasteiger partial charge is 0.246 e. The number of hydrogen-bond acceptors (Lipinski definition) is 8. The molecule has 1 aromatic carbocycles. The van der Waals surface area contributed by atoms with Gasteiger partial charge in [0.15, 0.2) is 0 Å². The van der Waals surface area contributed by atoms with Gasteiger partial charge in [0.25, 0.3) is 0 Å². The van der Waals surface area contributed by atoms with Gasteiger partial charge in [-0.15, -0.1) is 11.3 Å². The van der Waals surface area contributed by atoms with Gasteiger partial charge in [-0.2, -0.15) is 5.10 Å². The zero-order valence-electron chi connectivity index (χ0n) is 27.6. The van der Waals surface area contributed by atoms with Crippen molar-refractivity contribution in [3.8, 4) is 28.3 Å². The van der Waals surface area contributed by atoms with E-state index in [0.29, 0.717) is 30.0 Å². The summed E-state index contributed by atoms with van der Waals surface area (Å²) in [6.45, 7) is 9.90. The summed E-state index contributed by atoms with van der Waals surface area (Å²) in [7, 11) is 1.53. The topological polar surface area (TPSA) is 93.0 Å². The molecule has 49 heavy (non-hydrogen) atoms. The number of fused-ring (bicyclic) bond motifs is 2. The number of methoxy groups -OCH3 is 1. The standard InChI is InChI=1S/C36H38F2N6O4S/c1-4-29(45)43-9-10-44-27(21(43)2)16-26(40-44)32-31(30-25(38)14-23(37)15-28(30)48-12-11-47-3)33-24(8-13-49-33)34(39-32)41-17-36(18-41)19-42(20-36)35(46)22-6-5-7-22/h4,8,13-16,21-22H,1,5-7,9-12,17-20H2,2-3H3. The summed E-state index contributed by atoms with van der Waals surface area (Å²) < 4.78 is 44.5. The molecule has 1 saturated carbocycles. The number of carbonyl (C=O) groups excluding carboxylic acids is 2. The number of nitrogens with zero attached hydrogens (tertiary/aromatic N) is 6. The second-order valence-corrected chi connectivity index (χ2v) is 14.6. The second kappa shape index (κ2) is 12.2. The van der Waals surface area contributed by atoms with E-state index in [1.165, 1.54) is 30.6 Å². The average Bonchev–Trinajstić information content (AvgIpc) is 3.67. The lowest BCUT2D eigenvalue weighted by Crippen LogP contribution is -2.73. The van der Waals surface area contributed by atoms with Crippen LogP contribution in [0, 0.1) is 23.0 Å². The number of benzene rings is 1. The van der Waals surface area contributed by atoms with Gasteiger partial charge in [0.2, 0.25) is 11.8 Å². The van der Waals surface area contributed by atoms with E-state index in [1.807, 2.05) is 34.0 Å². The number of hydrogen-bond donors (Lipinski definition) is 0. The normalized spacial score (nSPS) is 19.8. The van der Waals surface area contributed by atoms with Crippen molar-refractivity contribution in [1.82, 2.24) is 24.6 Å². The monoisotopic (exact) mass is 688 g/mol. The molecular weight excluding hydrogens is 650 g/mol. The number of ether oxygens (including phenoxy) is 2.